The monoisotopic (exact) mass is 224 g/mol. The Kier molecular flexibility index (Phi) is 3.44. The molecule has 0 atom stereocenters. The van der Waals surface area contributed by atoms with Gasteiger partial charge in [-0.2, -0.15) is 4.98 Å². The van der Waals surface area contributed by atoms with Crippen LogP contribution >= 0.6 is 0 Å². The van der Waals surface area contributed by atoms with Crippen LogP contribution in [0.4, 0.5) is 10.3 Å². The normalized spacial score (nSPS) is 9.62. The second-order valence-corrected chi connectivity index (χ2v) is 2.89. The van der Waals surface area contributed by atoms with E-state index in [2.05, 4.69) is 15.2 Å². The maximum atomic E-state index is 13.5. The van der Waals surface area contributed by atoms with Gasteiger partial charge in [-0.1, -0.05) is 7.43 Å². The van der Waals surface area contributed by atoms with Gasteiger partial charge in [-0.3, -0.25) is 5.10 Å². The minimum Gasteiger partial charge on any atom is -0.497 e. The predicted molar refractivity (Wildman–Crippen MR) is 59.5 cm³/mol. The van der Waals surface area contributed by atoms with E-state index in [9.17, 15) is 4.39 Å². The molecule has 0 amide bonds. The van der Waals surface area contributed by atoms with Crippen molar-refractivity contribution in [2.24, 2.45) is 0 Å². The van der Waals surface area contributed by atoms with E-state index in [4.69, 9.17) is 10.5 Å². The molecule has 0 aliphatic heterocycles. The fourth-order valence-corrected chi connectivity index (χ4v) is 1.21. The molecule has 3 N–H and O–H groups in total. The summed E-state index contributed by atoms with van der Waals surface area (Å²) in [7, 11) is 1.47. The number of hydrogen-bond acceptors (Lipinski definition) is 4. The van der Waals surface area contributed by atoms with E-state index in [1.807, 2.05) is 0 Å². The second kappa shape index (κ2) is 4.61. The Morgan fingerprint density at radius 2 is 2.19 bits per heavy atom. The number of halogens is 1. The standard InChI is InChI=1S/C9H9FN4O.CH4/c1-15-5-2-3-6(7(10)4-5)8-12-9(11)14-13-8;/h2-4H,1H3,(H3,11,12,13,14);1H4. The molecule has 1 aromatic carbocycles. The molecule has 5 nitrogen and oxygen atoms in total. The van der Waals surface area contributed by atoms with Crippen molar-refractivity contribution in [3.63, 3.8) is 0 Å². The lowest BCUT2D eigenvalue weighted by Crippen LogP contribution is -1.90. The van der Waals surface area contributed by atoms with Gasteiger partial charge in [0.25, 0.3) is 0 Å². The first kappa shape index (κ1) is 12.0. The smallest absolute Gasteiger partial charge is 0.239 e. The molecule has 6 heteroatoms. The van der Waals surface area contributed by atoms with Gasteiger partial charge < -0.3 is 10.5 Å². The highest BCUT2D eigenvalue weighted by atomic mass is 19.1. The molecule has 86 valence electrons. The summed E-state index contributed by atoms with van der Waals surface area (Å²) in [5.41, 5.74) is 5.63. The van der Waals surface area contributed by atoms with Crippen LogP contribution in [0, 0.1) is 5.82 Å². The van der Waals surface area contributed by atoms with Gasteiger partial charge in [0, 0.05) is 6.07 Å². The van der Waals surface area contributed by atoms with Gasteiger partial charge in [-0.05, 0) is 12.1 Å². The first-order valence-electron chi connectivity index (χ1n) is 4.22. The molecule has 0 saturated carbocycles. The average molecular weight is 224 g/mol. The van der Waals surface area contributed by atoms with E-state index < -0.39 is 5.82 Å². The van der Waals surface area contributed by atoms with Gasteiger partial charge in [0.05, 0.1) is 12.7 Å². The summed E-state index contributed by atoms with van der Waals surface area (Å²) in [5, 5.41) is 6.15. The van der Waals surface area contributed by atoms with Crippen LogP contribution in [0.15, 0.2) is 18.2 Å². The highest BCUT2D eigenvalue weighted by Gasteiger charge is 2.09. The van der Waals surface area contributed by atoms with Crippen LogP contribution in [-0.2, 0) is 0 Å². The zero-order chi connectivity index (χ0) is 10.8. The van der Waals surface area contributed by atoms with Crippen molar-refractivity contribution in [3.05, 3.63) is 24.0 Å². The van der Waals surface area contributed by atoms with Crippen molar-refractivity contribution in [1.29, 1.82) is 0 Å². The third-order valence-corrected chi connectivity index (χ3v) is 1.93. The number of ether oxygens (including phenoxy) is 1. The van der Waals surface area contributed by atoms with Crippen LogP contribution in [0.5, 0.6) is 5.75 Å². The van der Waals surface area contributed by atoms with Gasteiger partial charge >= 0.3 is 0 Å². The Hall–Kier alpha value is -2.11. The third kappa shape index (κ3) is 2.10. The van der Waals surface area contributed by atoms with Gasteiger partial charge in [0.15, 0.2) is 5.82 Å². The van der Waals surface area contributed by atoms with Gasteiger partial charge in [-0.15, -0.1) is 5.10 Å². The summed E-state index contributed by atoms with van der Waals surface area (Å²) in [5.74, 6) is 0.391. The largest absolute Gasteiger partial charge is 0.497 e. The highest BCUT2D eigenvalue weighted by molar-refractivity contribution is 5.58. The van der Waals surface area contributed by atoms with Crippen molar-refractivity contribution in [2.75, 3.05) is 12.8 Å². The lowest BCUT2D eigenvalue weighted by molar-refractivity contribution is 0.411. The SMILES string of the molecule is C.COc1ccc(-c2nc(N)n[nH]2)c(F)c1. The lowest BCUT2D eigenvalue weighted by atomic mass is 10.2. The van der Waals surface area contributed by atoms with E-state index in [0.717, 1.165) is 0 Å². The molecule has 0 fully saturated rings. The molecule has 2 aromatic rings. The number of anilines is 1. The van der Waals surface area contributed by atoms with Crippen LogP contribution in [0.1, 0.15) is 7.43 Å². The quantitative estimate of drug-likeness (QED) is 0.815. The molecule has 0 saturated heterocycles. The van der Waals surface area contributed by atoms with E-state index >= 15 is 0 Å². The first-order valence-corrected chi connectivity index (χ1v) is 4.22. The summed E-state index contributed by atoms with van der Waals surface area (Å²) in [6.45, 7) is 0. The molecule has 1 aromatic heterocycles. The number of hydrogen-bond donors (Lipinski definition) is 2. The number of aromatic amines is 1. The van der Waals surface area contributed by atoms with E-state index in [1.54, 1.807) is 12.1 Å². The van der Waals surface area contributed by atoms with Gasteiger partial charge in [0.1, 0.15) is 11.6 Å². The van der Waals surface area contributed by atoms with E-state index in [-0.39, 0.29) is 13.4 Å². The number of nitrogens with two attached hydrogens (primary N) is 1. The van der Waals surface area contributed by atoms with E-state index in [1.165, 1.54) is 13.2 Å². The zero-order valence-electron chi connectivity index (χ0n) is 7.99. The first-order chi connectivity index (χ1) is 7.20. The van der Waals surface area contributed by atoms with Crippen LogP contribution in [0.25, 0.3) is 11.4 Å². The molecule has 1 heterocycles. The lowest BCUT2D eigenvalue weighted by Gasteiger charge is -2.02. The molecule has 16 heavy (non-hydrogen) atoms. The maximum absolute atomic E-state index is 13.5. The molecule has 2 rings (SSSR count). The molecule has 0 radical (unpaired) electrons. The number of benzene rings is 1. The Morgan fingerprint density at radius 1 is 1.44 bits per heavy atom. The van der Waals surface area contributed by atoms with E-state index in [0.29, 0.717) is 17.1 Å². The Labute approximate surface area is 92.5 Å². The second-order valence-electron chi connectivity index (χ2n) is 2.89. The van der Waals surface area contributed by atoms with Crippen molar-refractivity contribution in [1.82, 2.24) is 15.2 Å². The number of aromatic nitrogens is 3. The Bertz CT molecular complexity index is 483. The number of methoxy groups -OCH3 is 1. The fourth-order valence-electron chi connectivity index (χ4n) is 1.21. The minimum atomic E-state index is -0.439. The molecule has 0 unspecified atom stereocenters. The summed E-state index contributed by atoms with van der Waals surface area (Å²) < 4.78 is 18.4. The predicted octanol–water partition coefficient (Wildman–Crippen LogP) is 1.84. The van der Waals surface area contributed by atoms with Gasteiger partial charge in [0.2, 0.25) is 5.95 Å². The number of rotatable bonds is 2. The molecule has 0 spiro atoms. The van der Waals surface area contributed by atoms with Crippen molar-refractivity contribution >= 4 is 5.95 Å². The Balaban J connectivity index is 0.00000128. The number of nitrogen functional groups attached to an aromatic ring is 1. The van der Waals surface area contributed by atoms with Crippen LogP contribution < -0.4 is 10.5 Å². The summed E-state index contributed by atoms with van der Waals surface area (Å²) in [4.78, 5) is 3.83. The van der Waals surface area contributed by atoms with Gasteiger partial charge in [-0.25, -0.2) is 4.39 Å². The van der Waals surface area contributed by atoms with Crippen molar-refractivity contribution < 1.29 is 9.13 Å². The number of H-pyrrole nitrogens is 1. The molecule has 0 aliphatic carbocycles. The third-order valence-electron chi connectivity index (χ3n) is 1.93. The van der Waals surface area contributed by atoms with Crippen LogP contribution in [0.2, 0.25) is 0 Å². The average Bonchev–Trinajstić information content (AvgIpc) is 2.64. The summed E-state index contributed by atoms with van der Waals surface area (Å²) >= 11 is 0. The molecular weight excluding hydrogens is 211 g/mol. The fraction of sp³-hybridized carbons (Fsp3) is 0.200. The number of nitrogens with one attached hydrogen (secondary N) is 1. The molecule has 0 aliphatic rings. The minimum absolute atomic E-state index is 0. The van der Waals surface area contributed by atoms with Crippen molar-refractivity contribution in [2.45, 2.75) is 7.43 Å². The zero-order valence-corrected chi connectivity index (χ0v) is 7.99. The van der Waals surface area contributed by atoms with Crippen LogP contribution in [-0.4, -0.2) is 22.3 Å². The molecular formula is C10H13FN4O. The highest BCUT2D eigenvalue weighted by Crippen LogP contribution is 2.23. The van der Waals surface area contributed by atoms with Crippen molar-refractivity contribution in [3.8, 4) is 17.1 Å². The Morgan fingerprint density at radius 3 is 2.69 bits per heavy atom. The molecule has 0 bridgehead atoms. The topological polar surface area (TPSA) is 76.8 Å². The summed E-state index contributed by atoms with van der Waals surface area (Å²) in [6.07, 6.45) is 0. The number of nitrogens with zero attached hydrogens (tertiary/aromatic N) is 2. The maximum Gasteiger partial charge on any atom is 0.239 e. The summed E-state index contributed by atoms with van der Waals surface area (Å²) in [6, 6.07) is 4.46. The van der Waals surface area contributed by atoms with Crippen LogP contribution in [0.3, 0.4) is 0 Å².